The molecular formula is C32H32Cl2N2O3. The smallest absolute Gasteiger partial charge is 0.156 e. The van der Waals surface area contributed by atoms with Crippen molar-refractivity contribution >= 4 is 28.9 Å². The first-order valence-electron chi connectivity index (χ1n) is 13.2. The number of anilines is 1. The van der Waals surface area contributed by atoms with Crippen molar-refractivity contribution in [2.75, 3.05) is 32.0 Å². The molecule has 1 saturated heterocycles. The normalized spacial score (nSPS) is 15.2. The number of benzene rings is 4. The van der Waals surface area contributed by atoms with Crippen LogP contribution >= 0.6 is 23.2 Å². The molecule has 0 amide bonds. The topological polar surface area (TPSA) is 68.0 Å². The zero-order chi connectivity index (χ0) is 27.2. The van der Waals surface area contributed by atoms with Gasteiger partial charge in [-0.25, -0.2) is 0 Å². The Morgan fingerprint density at radius 2 is 1.38 bits per heavy atom. The fourth-order valence-corrected chi connectivity index (χ4v) is 5.60. The molecule has 1 aliphatic rings. The second kappa shape index (κ2) is 12.8. The number of para-hydroxylation sites is 1. The molecule has 0 aromatic heterocycles. The number of β-amino-alcohol motifs (C(OH)–C–C–N with tert-alkyl or cyclic N) is 1. The molecule has 1 fully saturated rings. The number of nitrogens with two attached hydrogens (primary N) is 1. The van der Waals surface area contributed by atoms with Crippen molar-refractivity contribution in [3.63, 3.8) is 0 Å². The highest BCUT2D eigenvalue weighted by atomic mass is 35.5. The zero-order valence-electron chi connectivity index (χ0n) is 21.6. The van der Waals surface area contributed by atoms with Crippen LogP contribution in [0.15, 0.2) is 91.0 Å². The highest BCUT2D eigenvalue weighted by molar-refractivity contribution is 6.37. The lowest BCUT2D eigenvalue weighted by Crippen LogP contribution is -2.40. The Bertz CT molecular complexity index is 1330. The van der Waals surface area contributed by atoms with Crippen molar-refractivity contribution in [2.45, 2.75) is 24.9 Å². The van der Waals surface area contributed by atoms with E-state index in [2.05, 4.69) is 41.3 Å². The minimum absolute atomic E-state index is 0.115. The number of halogens is 2. The SMILES string of the molecule is Nc1cc(Cl)c(OCC(O)CN2CCC(c3ccc(-c4ccc(Oc5ccccc5)cc4)cc3)CC2)c(Cl)c1. The van der Waals surface area contributed by atoms with Crippen molar-refractivity contribution in [2.24, 2.45) is 0 Å². The number of nitrogens with zero attached hydrogens (tertiary/aromatic N) is 1. The van der Waals surface area contributed by atoms with Gasteiger partial charge in [-0.1, -0.05) is 77.8 Å². The van der Waals surface area contributed by atoms with Crippen LogP contribution in [-0.4, -0.2) is 42.4 Å². The van der Waals surface area contributed by atoms with E-state index in [-0.39, 0.29) is 6.61 Å². The second-order valence-corrected chi connectivity index (χ2v) is 10.7. The molecule has 4 aromatic carbocycles. The van der Waals surface area contributed by atoms with Crippen molar-refractivity contribution in [3.8, 4) is 28.4 Å². The van der Waals surface area contributed by atoms with Crippen LogP contribution < -0.4 is 15.2 Å². The molecule has 202 valence electrons. The summed E-state index contributed by atoms with van der Waals surface area (Å²) in [5, 5.41) is 11.2. The Morgan fingerprint density at radius 1 is 0.821 bits per heavy atom. The van der Waals surface area contributed by atoms with E-state index in [0.29, 0.717) is 33.9 Å². The van der Waals surface area contributed by atoms with Gasteiger partial charge in [-0.05, 0) is 84.9 Å². The van der Waals surface area contributed by atoms with E-state index < -0.39 is 6.10 Å². The van der Waals surface area contributed by atoms with Crippen LogP contribution in [0.4, 0.5) is 5.69 Å². The number of hydrogen-bond acceptors (Lipinski definition) is 5. The lowest BCUT2D eigenvalue weighted by atomic mass is 9.88. The molecule has 1 atom stereocenters. The van der Waals surface area contributed by atoms with E-state index in [1.165, 1.54) is 11.1 Å². The van der Waals surface area contributed by atoms with E-state index in [1.54, 1.807) is 12.1 Å². The summed E-state index contributed by atoms with van der Waals surface area (Å²) in [5.74, 6) is 2.52. The molecule has 0 saturated carbocycles. The van der Waals surface area contributed by atoms with Crippen LogP contribution in [-0.2, 0) is 0 Å². The number of hydrogen-bond donors (Lipinski definition) is 2. The summed E-state index contributed by atoms with van der Waals surface area (Å²) in [6, 6.07) is 30.0. The molecule has 3 N–H and O–H groups in total. The predicted molar refractivity (Wildman–Crippen MR) is 159 cm³/mol. The summed E-state index contributed by atoms with van der Waals surface area (Å²) >= 11 is 12.4. The number of ether oxygens (including phenoxy) is 2. The number of nitrogen functional groups attached to an aromatic ring is 1. The van der Waals surface area contributed by atoms with Crippen molar-refractivity contribution in [3.05, 3.63) is 107 Å². The number of aliphatic hydroxyl groups excluding tert-OH is 1. The van der Waals surface area contributed by atoms with Gasteiger partial charge in [-0.3, -0.25) is 0 Å². The number of aliphatic hydroxyl groups is 1. The third-order valence-corrected chi connectivity index (χ3v) is 7.61. The zero-order valence-corrected chi connectivity index (χ0v) is 23.1. The Balaban J connectivity index is 1.09. The molecule has 0 bridgehead atoms. The summed E-state index contributed by atoms with van der Waals surface area (Å²) in [7, 11) is 0. The monoisotopic (exact) mass is 562 g/mol. The molecule has 0 spiro atoms. The highest BCUT2D eigenvalue weighted by Crippen LogP contribution is 2.35. The van der Waals surface area contributed by atoms with Gasteiger partial charge in [0, 0.05) is 12.2 Å². The van der Waals surface area contributed by atoms with E-state index >= 15 is 0 Å². The van der Waals surface area contributed by atoms with E-state index in [9.17, 15) is 5.11 Å². The minimum atomic E-state index is -0.644. The fraction of sp³-hybridized carbons (Fsp3) is 0.250. The Hall–Kier alpha value is -3.22. The number of likely N-dealkylation sites (tertiary alicyclic amines) is 1. The molecule has 4 aromatic rings. The van der Waals surface area contributed by atoms with Crippen molar-refractivity contribution in [1.82, 2.24) is 4.90 Å². The second-order valence-electron chi connectivity index (χ2n) is 9.91. The Kier molecular flexibility index (Phi) is 8.95. The van der Waals surface area contributed by atoms with E-state index in [4.69, 9.17) is 38.4 Å². The van der Waals surface area contributed by atoms with Crippen LogP contribution in [0.2, 0.25) is 10.0 Å². The van der Waals surface area contributed by atoms with Gasteiger partial charge in [-0.15, -0.1) is 0 Å². The van der Waals surface area contributed by atoms with E-state index in [1.807, 2.05) is 42.5 Å². The van der Waals surface area contributed by atoms with E-state index in [0.717, 1.165) is 43.0 Å². The Labute approximate surface area is 239 Å². The third kappa shape index (κ3) is 7.25. The molecule has 7 heteroatoms. The molecule has 1 aliphatic heterocycles. The molecule has 1 heterocycles. The van der Waals surface area contributed by atoms with Crippen LogP contribution in [0.1, 0.15) is 24.3 Å². The Morgan fingerprint density at radius 3 is 2.00 bits per heavy atom. The average molecular weight is 564 g/mol. The summed E-state index contributed by atoms with van der Waals surface area (Å²) < 4.78 is 11.6. The van der Waals surface area contributed by atoms with Gasteiger partial charge in [0.2, 0.25) is 0 Å². The quantitative estimate of drug-likeness (QED) is 0.205. The summed E-state index contributed by atoms with van der Waals surface area (Å²) in [4.78, 5) is 2.28. The van der Waals surface area contributed by atoms with Gasteiger partial charge in [0.1, 0.15) is 24.2 Å². The molecular weight excluding hydrogens is 531 g/mol. The molecule has 1 unspecified atom stereocenters. The largest absolute Gasteiger partial charge is 0.488 e. The van der Waals surface area contributed by atoms with Crippen LogP contribution in [0.5, 0.6) is 17.2 Å². The first-order chi connectivity index (χ1) is 18.9. The summed E-state index contributed by atoms with van der Waals surface area (Å²) in [6.07, 6.45) is 1.46. The van der Waals surface area contributed by atoms with Gasteiger partial charge < -0.3 is 25.2 Å². The minimum Gasteiger partial charge on any atom is -0.488 e. The van der Waals surface area contributed by atoms with Crippen LogP contribution in [0, 0.1) is 0 Å². The number of piperidine rings is 1. The maximum Gasteiger partial charge on any atom is 0.156 e. The van der Waals surface area contributed by atoms with Gasteiger partial charge >= 0.3 is 0 Å². The maximum absolute atomic E-state index is 10.5. The maximum atomic E-state index is 10.5. The summed E-state index contributed by atoms with van der Waals surface area (Å²) in [5.41, 5.74) is 9.92. The fourth-order valence-electron chi connectivity index (χ4n) is 4.98. The van der Waals surface area contributed by atoms with Gasteiger partial charge in [0.15, 0.2) is 5.75 Å². The van der Waals surface area contributed by atoms with Gasteiger partial charge in [0.25, 0.3) is 0 Å². The van der Waals surface area contributed by atoms with Crippen LogP contribution in [0.25, 0.3) is 11.1 Å². The molecule has 5 rings (SSSR count). The highest BCUT2D eigenvalue weighted by Gasteiger charge is 2.23. The molecule has 0 radical (unpaired) electrons. The van der Waals surface area contributed by atoms with Crippen LogP contribution in [0.3, 0.4) is 0 Å². The van der Waals surface area contributed by atoms with Crippen molar-refractivity contribution in [1.29, 1.82) is 0 Å². The first-order valence-corrected chi connectivity index (χ1v) is 13.9. The third-order valence-electron chi connectivity index (χ3n) is 7.05. The lowest BCUT2D eigenvalue weighted by Gasteiger charge is -2.33. The predicted octanol–water partition coefficient (Wildman–Crippen LogP) is 7.65. The first kappa shape index (κ1) is 27.4. The summed E-state index contributed by atoms with van der Waals surface area (Å²) in [6.45, 7) is 2.51. The van der Waals surface area contributed by atoms with Gasteiger partial charge in [-0.2, -0.15) is 0 Å². The molecule has 5 nitrogen and oxygen atoms in total. The molecule has 0 aliphatic carbocycles. The lowest BCUT2D eigenvalue weighted by molar-refractivity contribution is 0.0595. The number of rotatable bonds is 9. The standard InChI is InChI=1S/C32H32Cl2N2O3/c33-30-18-26(35)19-31(34)32(30)38-21-27(37)20-36-16-14-25(15-17-36)23-8-6-22(7-9-23)24-10-12-29(13-11-24)39-28-4-2-1-3-5-28/h1-13,18-19,25,27,37H,14-17,20-21,35H2. The molecule has 39 heavy (non-hydrogen) atoms. The average Bonchev–Trinajstić information content (AvgIpc) is 2.94. The van der Waals surface area contributed by atoms with Crippen molar-refractivity contribution < 1.29 is 14.6 Å². The van der Waals surface area contributed by atoms with Gasteiger partial charge in [0.05, 0.1) is 10.0 Å².